The van der Waals surface area contributed by atoms with Crippen LogP contribution < -0.4 is 0 Å². The van der Waals surface area contributed by atoms with Crippen LogP contribution in [-0.2, 0) is 10.3 Å². The van der Waals surface area contributed by atoms with Crippen molar-refractivity contribution in [2.45, 2.75) is 71.5 Å². The van der Waals surface area contributed by atoms with Gasteiger partial charge in [0.05, 0.1) is 5.69 Å². The maximum absolute atomic E-state index is 12.5. The summed E-state index contributed by atoms with van der Waals surface area (Å²) in [6.07, 6.45) is 7.21. The highest BCUT2D eigenvalue weighted by Crippen LogP contribution is 2.30. The largest absolute Gasteiger partial charge is 0.443 e. The van der Waals surface area contributed by atoms with Crippen LogP contribution in [0.3, 0.4) is 0 Å². The van der Waals surface area contributed by atoms with Gasteiger partial charge in [-0.2, -0.15) is 0 Å². The van der Waals surface area contributed by atoms with E-state index >= 15 is 0 Å². The third kappa shape index (κ3) is 5.31. The Morgan fingerprint density at radius 2 is 2.08 bits per heavy atom. The molecular weight excluding hydrogens is 328 g/mol. The minimum atomic E-state index is -1.00. The first-order valence-electron chi connectivity index (χ1n) is 9.49. The molecule has 0 bridgehead atoms. The molecule has 144 valence electrons. The summed E-state index contributed by atoms with van der Waals surface area (Å²) < 4.78 is 5.70. The lowest BCUT2D eigenvalue weighted by molar-refractivity contribution is 0.00897. The van der Waals surface area contributed by atoms with Gasteiger partial charge in [0.2, 0.25) is 0 Å². The van der Waals surface area contributed by atoms with E-state index in [-0.39, 0.29) is 6.09 Å². The molecule has 1 aliphatic heterocycles. The zero-order chi connectivity index (χ0) is 19.4. The molecular formula is C21H32N2O3. The number of hydrogen-bond acceptors (Lipinski definition) is 4. The summed E-state index contributed by atoms with van der Waals surface area (Å²) in [5.74, 6) is 0. The number of nitrogens with zero attached hydrogens (tertiary/aromatic N) is 2. The van der Waals surface area contributed by atoms with Gasteiger partial charge in [-0.1, -0.05) is 25.5 Å². The average Bonchev–Trinajstić information content (AvgIpc) is 2.59. The summed E-state index contributed by atoms with van der Waals surface area (Å²) in [4.78, 5) is 18.6. The van der Waals surface area contributed by atoms with Crippen LogP contribution in [0.25, 0.3) is 5.57 Å². The SMILES string of the molecule is CCCCC(C)(C)OC(=O)N1CC=C(c2cccnc2C(C)(C)O)CC1. The molecule has 0 aromatic carbocycles. The van der Waals surface area contributed by atoms with Gasteiger partial charge in [-0.05, 0) is 58.6 Å². The quantitative estimate of drug-likeness (QED) is 0.811. The highest BCUT2D eigenvalue weighted by atomic mass is 16.6. The maximum Gasteiger partial charge on any atom is 0.410 e. The van der Waals surface area contributed by atoms with Crippen molar-refractivity contribution >= 4 is 11.7 Å². The van der Waals surface area contributed by atoms with Gasteiger partial charge < -0.3 is 14.7 Å². The van der Waals surface area contributed by atoms with Crippen LogP contribution in [0.5, 0.6) is 0 Å². The molecule has 1 N–H and O–H groups in total. The fraction of sp³-hybridized carbons (Fsp3) is 0.619. The van der Waals surface area contributed by atoms with Gasteiger partial charge in [0, 0.05) is 24.8 Å². The molecule has 0 fully saturated rings. The van der Waals surface area contributed by atoms with E-state index in [9.17, 15) is 9.90 Å². The van der Waals surface area contributed by atoms with Crippen molar-refractivity contribution < 1.29 is 14.6 Å². The number of pyridine rings is 1. The first-order valence-corrected chi connectivity index (χ1v) is 9.49. The first kappa shape index (κ1) is 20.4. The van der Waals surface area contributed by atoms with Crippen molar-refractivity contribution in [3.05, 3.63) is 35.7 Å². The molecule has 1 aromatic heterocycles. The maximum atomic E-state index is 12.5. The van der Waals surface area contributed by atoms with Crippen LogP contribution in [0.1, 0.15) is 71.6 Å². The van der Waals surface area contributed by atoms with E-state index in [0.29, 0.717) is 18.8 Å². The Balaban J connectivity index is 2.06. The number of rotatable bonds is 6. The third-order valence-corrected chi connectivity index (χ3v) is 4.70. The smallest absolute Gasteiger partial charge is 0.410 e. The molecule has 0 saturated heterocycles. The second kappa shape index (κ2) is 8.21. The molecule has 1 aromatic rings. The Bertz CT molecular complexity index is 659. The number of ether oxygens (including phenoxy) is 1. The van der Waals surface area contributed by atoms with Crippen molar-refractivity contribution in [3.8, 4) is 0 Å². The van der Waals surface area contributed by atoms with Crippen LogP contribution in [0.2, 0.25) is 0 Å². The molecule has 0 saturated carbocycles. The predicted molar refractivity (Wildman–Crippen MR) is 104 cm³/mol. The van der Waals surface area contributed by atoms with Crippen molar-refractivity contribution in [3.63, 3.8) is 0 Å². The fourth-order valence-electron chi connectivity index (χ4n) is 3.19. The van der Waals surface area contributed by atoms with E-state index < -0.39 is 11.2 Å². The zero-order valence-electron chi connectivity index (χ0n) is 16.7. The van der Waals surface area contributed by atoms with E-state index in [4.69, 9.17) is 4.74 Å². The summed E-state index contributed by atoms with van der Waals surface area (Å²) in [5, 5.41) is 10.4. The molecule has 2 heterocycles. The lowest BCUT2D eigenvalue weighted by Gasteiger charge is -2.32. The highest BCUT2D eigenvalue weighted by molar-refractivity contribution is 5.73. The Morgan fingerprint density at radius 1 is 1.35 bits per heavy atom. The van der Waals surface area contributed by atoms with Crippen LogP contribution in [0, 0.1) is 0 Å². The van der Waals surface area contributed by atoms with E-state index in [1.165, 1.54) is 0 Å². The Morgan fingerprint density at radius 3 is 2.65 bits per heavy atom. The minimum Gasteiger partial charge on any atom is -0.443 e. The van der Waals surface area contributed by atoms with Crippen molar-refractivity contribution in [1.29, 1.82) is 0 Å². The van der Waals surface area contributed by atoms with Gasteiger partial charge in [0.1, 0.15) is 11.2 Å². The van der Waals surface area contributed by atoms with Crippen molar-refractivity contribution in [2.24, 2.45) is 0 Å². The van der Waals surface area contributed by atoms with Crippen molar-refractivity contribution in [1.82, 2.24) is 9.88 Å². The molecule has 2 rings (SSSR count). The summed E-state index contributed by atoms with van der Waals surface area (Å²) in [7, 11) is 0. The van der Waals surface area contributed by atoms with Gasteiger partial charge in [0.25, 0.3) is 0 Å². The minimum absolute atomic E-state index is 0.254. The standard InChI is InChI=1S/C21H32N2O3/c1-6-7-12-20(2,3)26-19(24)23-14-10-16(11-15-23)17-9-8-13-22-18(17)21(4,5)25/h8-10,13,25H,6-7,11-12,14-15H2,1-5H3. The Labute approximate surface area is 157 Å². The van der Waals surface area contributed by atoms with E-state index in [1.807, 2.05) is 32.1 Å². The Hall–Kier alpha value is -1.88. The topological polar surface area (TPSA) is 62.7 Å². The number of carbonyl (C=O) groups excluding carboxylic acids is 1. The first-order chi connectivity index (χ1) is 12.1. The summed E-state index contributed by atoms with van der Waals surface area (Å²) in [6, 6.07) is 3.86. The van der Waals surface area contributed by atoms with E-state index in [0.717, 1.165) is 36.8 Å². The second-order valence-electron chi connectivity index (χ2n) is 8.12. The van der Waals surface area contributed by atoms with Crippen LogP contribution in [0.15, 0.2) is 24.4 Å². The molecule has 0 unspecified atom stereocenters. The number of carbonyl (C=O) groups is 1. The molecule has 5 heteroatoms. The number of unbranched alkanes of at least 4 members (excludes halogenated alkanes) is 1. The van der Waals surface area contributed by atoms with Crippen LogP contribution >= 0.6 is 0 Å². The average molecular weight is 360 g/mol. The van der Waals surface area contributed by atoms with Gasteiger partial charge in [-0.25, -0.2) is 4.79 Å². The molecule has 1 amide bonds. The molecule has 0 aliphatic carbocycles. The number of amides is 1. The molecule has 0 atom stereocenters. The molecule has 0 radical (unpaired) electrons. The van der Waals surface area contributed by atoms with Crippen LogP contribution in [0.4, 0.5) is 4.79 Å². The summed E-state index contributed by atoms with van der Waals surface area (Å²) >= 11 is 0. The monoisotopic (exact) mass is 360 g/mol. The highest BCUT2D eigenvalue weighted by Gasteiger charge is 2.28. The molecule has 26 heavy (non-hydrogen) atoms. The number of aromatic nitrogens is 1. The molecule has 1 aliphatic rings. The van der Waals surface area contributed by atoms with E-state index in [1.54, 1.807) is 24.9 Å². The fourth-order valence-corrected chi connectivity index (χ4v) is 3.19. The number of hydrogen-bond donors (Lipinski definition) is 1. The Kier molecular flexibility index (Phi) is 6.45. The molecule has 0 spiro atoms. The lowest BCUT2D eigenvalue weighted by atomic mass is 9.91. The zero-order valence-corrected chi connectivity index (χ0v) is 16.7. The van der Waals surface area contributed by atoms with Crippen molar-refractivity contribution in [2.75, 3.05) is 13.1 Å². The van der Waals surface area contributed by atoms with Gasteiger partial charge in [-0.15, -0.1) is 0 Å². The lowest BCUT2D eigenvalue weighted by Crippen LogP contribution is -2.40. The van der Waals surface area contributed by atoms with E-state index in [2.05, 4.69) is 11.9 Å². The number of aliphatic hydroxyl groups is 1. The normalized spacial score (nSPS) is 15.6. The van der Waals surface area contributed by atoms with Gasteiger partial charge >= 0.3 is 6.09 Å². The third-order valence-electron chi connectivity index (χ3n) is 4.70. The van der Waals surface area contributed by atoms with Gasteiger partial charge in [-0.3, -0.25) is 4.98 Å². The predicted octanol–water partition coefficient (Wildman–Crippen LogP) is 4.50. The van der Waals surface area contributed by atoms with Gasteiger partial charge in [0.15, 0.2) is 0 Å². The summed E-state index contributed by atoms with van der Waals surface area (Å²) in [5.41, 5.74) is 1.30. The summed E-state index contributed by atoms with van der Waals surface area (Å²) in [6.45, 7) is 10.7. The second-order valence-corrected chi connectivity index (χ2v) is 8.12. The van der Waals surface area contributed by atoms with Crippen LogP contribution in [-0.4, -0.2) is 39.8 Å². The molecule has 5 nitrogen and oxygen atoms in total.